The first kappa shape index (κ1) is 11.6. The van der Waals surface area contributed by atoms with Gasteiger partial charge in [-0.15, -0.1) is 0 Å². The van der Waals surface area contributed by atoms with Gasteiger partial charge in [-0.2, -0.15) is 0 Å². The number of cyclic esters (lactones) is 1. The van der Waals surface area contributed by atoms with E-state index in [1.54, 1.807) is 13.0 Å². The highest BCUT2D eigenvalue weighted by molar-refractivity contribution is 5.96. The van der Waals surface area contributed by atoms with Crippen molar-refractivity contribution in [1.82, 2.24) is 0 Å². The molecule has 0 fully saturated rings. The second-order valence-corrected chi connectivity index (χ2v) is 4.45. The molecule has 0 amide bonds. The third-order valence-corrected chi connectivity index (χ3v) is 2.94. The lowest BCUT2D eigenvalue weighted by atomic mass is 9.89. The van der Waals surface area contributed by atoms with Crippen LogP contribution < -0.4 is 0 Å². The summed E-state index contributed by atoms with van der Waals surface area (Å²) in [5, 5.41) is 0. The number of hydrogen-bond acceptors (Lipinski definition) is 4. The molecule has 90 valence electrons. The summed E-state index contributed by atoms with van der Waals surface area (Å²) in [5.74, 6) is -1.00. The predicted octanol–water partition coefficient (Wildman–Crippen LogP) is 1.64. The molecule has 0 bridgehead atoms. The number of carbonyl (C=O) groups excluding carboxylic acids is 2. The molecule has 0 saturated carbocycles. The van der Waals surface area contributed by atoms with E-state index in [4.69, 9.17) is 4.74 Å². The van der Waals surface area contributed by atoms with E-state index in [1.807, 2.05) is 19.1 Å². The van der Waals surface area contributed by atoms with Gasteiger partial charge in [0.1, 0.15) is 0 Å². The maximum Gasteiger partial charge on any atom is 0.350 e. The molecule has 0 radical (unpaired) electrons. The van der Waals surface area contributed by atoms with Gasteiger partial charge in [-0.3, -0.25) is 0 Å². The Bertz CT molecular complexity index is 492. The van der Waals surface area contributed by atoms with Gasteiger partial charge in [0.05, 0.1) is 12.7 Å². The SMILES string of the molecule is COC(=O)C1(C)Cc2cc(C)ccc2C(=O)O1. The molecular formula is C13H14O4. The summed E-state index contributed by atoms with van der Waals surface area (Å²) in [6, 6.07) is 5.47. The number of rotatable bonds is 1. The van der Waals surface area contributed by atoms with E-state index < -0.39 is 17.5 Å². The summed E-state index contributed by atoms with van der Waals surface area (Å²) in [7, 11) is 1.28. The van der Waals surface area contributed by atoms with Gasteiger partial charge >= 0.3 is 11.9 Å². The minimum atomic E-state index is -1.22. The Morgan fingerprint density at radius 3 is 2.82 bits per heavy atom. The van der Waals surface area contributed by atoms with Crippen molar-refractivity contribution in [3.05, 3.63) is 34.9 Å². The lowest BCUT2D eigenvalue weighted by Gasteiger charge is -2.31. The van der Waals surface area contributed by atoms with Crippen molar-refractivity contribution in [3.8, 4) is 0 Å². The van der Waals surface area contributed by atoms with Gasteiger partial charge < -0.3 is 9.47 Å². The van der Waals surface area contributed by atoms with Gasteiger partial charge in [0.15, 0.2) is 0 Å². The molecule has 0 aliphatic carbocycles. The summed E-state index contributed by atoms with van der Waals surface area (Å²) >= 11 is 0. The average Bonchev–Trinajstić information content (AvgIpc) is 2.26. The zero-order valence-electron chi connectivity index (χ0n) is 10.1. The highest BCUT2D eigenvalue weighted by Gasteiger charge is 2.43. The van der Waals surface area contributed by atoms with Crippen molar-refractivity contribution in [2.24, 2.45) is 0 Å². The first-order chi connectivity index (χ1) is 7.96. The minimum absolute atomic E-state index is 0.350. The third kappa shape index (κ3) is 1.90. The summed E-state index contributed by atoms with van der Waals surface area (Å²) in [6.07, 6.45) is 0.350. The van der Waals surface area contributed by atoms with E-state index in [1.165, 1.54) is 7.11 Å². The standard InChI is InChI=1S/C13H14O4/c1-8-4-5-10-9(6-8)7-13(2,12(15)16-3)17-11(10)14/h4-6H,7H2,1-3H3. The number of esters is 2. The zero-order chi connectivity index (χ0) is 12.6. The Labute approximate surface area is 99.5 Å². The van der Waals surface area contributed by atoms with E-state index in [9.17, 15) is 9.59 Å². The average molecular weight is 234 g/mol. The van der Waals surface area contributed by atoms with Crippen molar-refractivity contribution in [1.29, 1.82) is 0 Å². The number of carbonyl (C=O) groups is 2. The van der Waals surface area contributed by atoms with Crippen LogP contribution in [0.3, 0.4) is 0 Å². The fourth-order valence-electron chi connectivity index (χ4n) is 2.06. The number of fused-ring (bicyclic) bond motifs is 1. The lowest BCUT2D eigenvalue weighted by molar-refractivity contribution is -0.161. The van der Waals surface area contributed by atoms with Crippen LogP contribution in [0.25, 0.3) is 0 Å². The molecule has 4 nitrogen and oxygen atoms in total. The molecule has 0 spiro atoms. The summed E-state index contributed by atoms with van der Waals surface area (Å²) in [6.45, 7) is 3.51. The summed E-state index contributed by atoms with van der Waals surface area (Å²) < 4.78 is 9.85. The normalized spacial score (nSPS) is 22.6. The molecule has 2 rings (SSSR count). The second-order valence-electron chi connectivity index (χ2n) is 4.45. The molecule has 1 atom stereocenters. The van der Waals surface area contributed by atoms with E-state index in [2.05, 4.69) is 4.74 Å². The van der Waals surface area contributed by atoms with Crippen molar-refractivity contribution in [2.75, 3.05) is 7.11 Å². The Morgan fingerprint density at radius 2 is 2.18 bits per heavy atom. The molecule has 0 aromatic heterocycles. The fraction of sp³-hybridized carbons (Fsp3) is 0.385. The van der Waals surface area contributed by atoms with Gasteiger partial charge in [0.25, 0.3) is 0 Å². The Balaban J connectivity index is 2.45. The van der Waals surface area contributed by atoms with Crippen LogP contribution in [0, 0.1) is 6.92 Å². The number of hydrogen-bond donors (Lipinski definition) is 0. The van der Waals surface area contributed by atoms with Gasteiger partial charge in [-0.25, -0.2) is 9.59 Å². The van der Waals surface area contributed by atoms with Gasteiger partial charge in [0.2, 0.25) is 5.60 Å². The lowest BCUT2D eigenvalue weighted by Crippen LogP contribution is -2.46. The largest absolute Gasteiger partial charge is 0.466 e. The molecule has 0 saturated heterocycles. The van der Waals surface area contributed by atoms with Crippen LogP contribution in [-0.2, 0) is 20.7 Å². The summed E-state index contributed by atoms with van der Waals surface area (Å²) in [4.78, 5) is 23.4. The maximum absolute atomic E-state index is 11.8. The minimum Gasteiger partial charge on any atom is -0.466 e. The molecule has 1 aliphatic heterocycles. The maximum atomic E-state index is 11.8. The number of benzene rings is 1. The zero-order valence-corrected chi connectivity index (χ0v) is 10.1. The van der Waals surface area contributed by atoms with E-state index in [0.717, 1.165) is 11.1 Å². The quantitative estimate of drug-likeness (QED) is 0.693. The number of ether oxygens (including phenoxy) is 2. The van der Waals surface area contributed by atoms with E-state index >= 15 is 0 Å². The molecule has 4 heteroatoms. The summed E-state index contributed by atoms with van der Waals surface area (Å²) in [5.41, 5.74) is 1.18. The first-order valence-electron chi connectivity index (χ1n) is 5.37. The van der Waals surface area contributed by atoms with Crippen LogP contribution in [0.1, 0.15) is 28.4 Å². The molecule has 1 aromatic carbocycles. The van der Waals surface area contributed by atoms with Crippen LogP contribution in [0.2, 0.25) is 0 Å². The van der Waals surface area contributed by atoms with Crippen LogP contribution in [0.5, 0.6) is 0 Å². The molecule has 1 heterocycles. The second kappa shape index (κ2) is 3.87. The fourth-order valence-corrected chi connectivity index (χ4v) is 2.06. The van der Waals surface area contributed by atoms with Crippen LogP contribution in [0.4, 0.5) is 0 Å². The van der Waals surface area contributed by atoms with Gasteiger partial charge in [0, 0.05) is 6.42 Å². The predicted molar refractivity (Wildman–Crippen MR) is 60.7 cm³/mol. The van der Waals surface area contributed by atoms with Crippen LogP contribution in [0.15, 0.2) is 18.2 Å². The van der Waals surface area contributed by atoms with Crippen molar-refractivity contribution >= 4 is 11.9 Å². The Hall–Kier alpha value is -1.84. The molecule has 1 aliphatic rings. The van der Waals surface area contributed by atoms with Crippen LogP contribution in [-0.4, -0.2) is 24.6 Å². The number of aryl methyl sites for hydroxylation is 1. The molecule has 17 heavy (non-hydrogen) atoms. The van der Waals surface area contributed by atoms with Crippen molar-refractivity contribution in [2.45, 2.75) is 25.9 Å². The van der Waals surface area contributed by atoms with Crippen molar-refractivity contribution in [3.63, 3.8) is 0 Å². The third-order valence-electron chi connectivity index (χ3n) is 2.94. The Kier molecular flexibility index (Phi) is 2.65. The highest BCUT2D eigenvalue weighted by atomic mass is 16.6. The Morgan fingerprint density at radius 1 is 1.47 bits per heavy atom. The van der Waals surface area contributed by atoms with E-state index in [-0.39, 0.29) is 0 Å². The van der Waals surface area contributed by atoms with Gasteiger partial charge in [-0.05, 0) is 25.5 Å². The molecule has 1 unspecified atom stereocenters. The molecule has 1 aromatic rings. The van der Waals surface area contributed by atoms with E-state index in [0.29, 0.717) is 12.0 Å². The first-order valence-corrected chi connectivity index (χ1v) is 5.37. The highest BCUT2D eigenvalue weighted by Crippen LogP contribution is 2.29. The molecular weight excluding hydrogens is 220 g/mol. The van der Waals surface area contributed by atoms with Gasteiger partial charge in [-0.1, -0.05) is 17.7 Å². The topological polar surface area (TPSA) is 52.6 Å². The van der Waals surface area contributed by atoms with Crippen LogP contribution >= 0.6 is 0 Å². The number of methoxy groups -OCH3 is 1. The smallest absolute Gasteiger partial charge is 0.350 e. The monoisotopic (exact) mass is 234 g/mol. The van der Waals surface area contributed by atoms with Crippen molar-refractivity contribution < 1.29 is 19.1 Å². The molecule has 0 N–H and O–H groups in total.